The second kappa shape index (κ2) is 18.9. The molecule has 2 N–H and O–H groups in total. The summed E-state index contributed by atoms with van der Waals surface area (Å²) in [5.41, 5.74) is 0. The van der Waals surface area contributed by atoms with Crippen LogP contribution in [0.5, 0.6) is 0 Å². The molecule has 0 aromatic carbocycles. The largest absolute Gasteiger partial charge is 0.396 e. The average Bonchev–Trinajstić information content (AvgIpc) is 2.43. The minimum atomic E-state index is 0.249. The van der Waals surface area contributed by atoms with Gasteiger partial charge < -0.3 is 19.7 Å². The van der Waals surface area contributed by atoms with Crippen molar-refractivity contribution in [1.29, 1.82) is 0 Å². The minimum absolute atomic E-state index is 0.249. The van der Waals surface area contributed by atoms with Crippen molar-refractivity contribution >= 4 is 35.3 Å². The molecule has 0 bridgehead atoms. The third-order valence-corrected chi connectivity index (χ3v) is 4.72. The lowest BCUT2D eigenvalue weighted by Gasteiger charge is -2.05. The zero-order valence-electron chi connectivity index (χ0n) is 11.4. The predicted molar refractivity (Wildman–Crippen MR) is 87.8 cm³/mol. The molecule has 0 saturated carbocycles. The maximum absolute atomic E-state index is 8.58. The highest BCUT2D eigenvalue weighted by Crippen LogP contribution is 2.02. The van der Waals surface area contributed by atoms with E-state index in [4.69, 9.17) is 19.7 Å². The zero-order chi connectivity index (χ0) is 14.0. The van der Waals surface area contributed by atoms with Crippen LogP contribution in [0.15, 0.2) is 0 Å². The van der Waals surface area contributed by atoms with Crippen molar-refractivity contribution in [3.8, 4) is 0 Å². The maximum atomic E-state index is 8.58. The van der Waals surface area contributed by atoms with Gasteiger partial charge in [0.25, 0.3) is 0 Å². The SMILES string of the molecule is OCCSCCOCCSCCOCCSCCO. The van der Waals surface area contributed by atoms with E-state index in [1.54, 1.807) is 23.5 Å². The minimum Gasteiger partial charge on any atom is -0.396 e. The first-order chi connectivity index (χ1) is 9.41. The van der Waals surface area contributed by atoms with Gasteiger partial charge >= 0.3 is 0 Å². The third kappa shape index (κ3) is 18.9. The average molecular weight is 331 g/mol. The second-order valence-corrected chi connectivity index (χ2v) is 7.18. The Morgan fingerprint density at radius 2 is 0.842 bits per heavy atom. The van der Waals surface area contributed by atoms with Crippen LogP contribution >= 0.6 is 35.3 Å². The van der Waals surface area contributed by atoms with E-state index in [0.717, 1.165) is 60.9 Å². The van der Waals surface area contributed by atoms with Crippen molar-refractivity contribution in [1.82, 2.24) is 0 Å². The monoisotopic (exact) mass is 330 g/mol. The number of aliphatic hydroxyl groups is 2. The van der Waals surface area contributed by atoms with Gasteiger partial charge in [-0.2, -0.15) is 35.3 Å². The van der Waals surface area contributed by atoms with E-state index in [-0.39, 0.29) is 13.2 Å². The number of hydrogen-bond donors (Lipinski definition) is 2. The fourth-order valence-corrected chi connectivity index (χ4v) is 2.92. The lowest BCUT2D eigenvalue weighted by Crippen LogP contribution is -2.05. The number of aliphatic hydroxyl groups excluding tert-OH is 2. The van der Waals surface area contributed by atoms with E-state index >= 15 is 0 Å². The Kier molecular flexibility index (Phi) is 19.8. The fraction of sp³-hybridized carbons (Fsp3) is 1.00. The third-order valence-electron chi connectivity index (χ3n) is 1.96. The van der Waals surface area contributed by atoms with Crippen molar-refractivity contribution in [2.45, 2.75) is 0 Å². The highest BCUT2D eigenvalue weighted by molar-refractivity contribution is 7.99. The van der Waals surface area contributed by atoms with Crippen molar-refractivity contribution in [3.05, 3.63) is 0 Å². The van der Waals surface area contributed by atoms with Crippen LogP contribution in [0.3, 0.4) is 0 Å². The first-order valence-corrected chi connectivity index (χ1v) is 9.98. The molecule has 0 aromatic heterocycles. The quantitative estimate of drug-likeness (QED) is 0.412. The van der Waals surface area contributed by atoms with Gasteiger partial charge in [-0.15, -0.1) is 0 Å². The molecule has 116 valence electrons. The van der Waals surface area contributed by atoms with E-state index in [9.17, 15) is 0 Å². The molecule has 7 heteroatoms. The van der Waals surface area contributed by atoms with Crippen molar-refractivity contribution < 1.29 is 19.7 Å². The normalized spacial score (nSPS) is 11.1. The van der Waals surface area contributed by atoms with Gasteiger partial charge in [-0.3, -0.25) is 0 Å². The second-order valence-electron chi connectivity index (χ2n) is 3.51. The van der Waals surface area contributed by atoms with Crippen LogP contribution in [0.1, 0.15) is 0 Å². The van der Waals surface area contributed by atoms with Gasteiger partial charge in [0.05, 0.1) is 39.6 Å². The number of thioether (sulfide) groups is 3. The number of rotatable bonds is 16. The number of ether oxygens (including phenoxy) is 2. The Morgan fingerprint density at radius 1 is 0.526 bits per heavy atom. The topological polar surface area (TPSA) is 58.9 Å². The first-order valence-electron chi connectivity index (χ1n) is 6.52. The van der Waals surface area contributed by atoms with Gasteiger partial charge in [-0.25, -0.2) is 0 Å². The fourth-order valence-electron chi connectivity index (χ4n) is 1.11. The van der Waals surface area contributed by atoms with Gasteiger partial charge in [-0.1, -0.05) is 0 Å². The van der Waals surface area contributed by atoms with Gasteiger partial charge in [0.15, 0.2) is 0 Å². The van der Waals surface area contributed by atoms with Crippen LogP contribution in [-0.4, -0.2) is 84.4 Å². The van der Waals surface area contributed by atoms with Crippen LogP contribution in [0.25, 0.3) is 0 Å². The maximum Gasteiger partial charge on any atom is 0.0557 e. The molecule has 0 spiro atoms. The van der Waals surface area contributed by atoms with E-state index in [1.807, 2.05) is 11.8 Å². The molecule has 0 aliphatic heterocycles. The highest BCUT2D eigenvalue weighted by Gasteiger charge is 1.93. The summed E-state index contributed by atoms with van der Waals surface area (Å²) in [6.45, 7) is 3.61. The molecule has 0 fully saturated rings. The zero-order valence-corrected chi connectivity index (χ0v) is 13.9. The lowest BCUT2D eigenvalue weighted by atomic mass is 10.8. The summed E-state index contributed by atoms with van der Waals surface area (Å²) in [5.74, 6) is 5.53. The van der Waals surface area contributed by atoms with Crippen LogP contribution in [-0.2, 0) is 9.47 Å². The van der Waals surface area contributed by atoms with E-state index in [1.165, 1.54) is 0 Å². The Morgan fingerprint density at radius 3 is 1.16 bits per heavy atom. The summed E-state index contributed by atoms with van der Waals surface area (Å²) in [5, 5.41) is 17.2. The number of hydrogen-bond acceptors (Lipinski definition) is 7. The van der Waals surface area contributed by atoms with Gasteiger partial charge in [0.2, 0.25) is 0 Å². The van der Waals surface area contributed by atoms with Crippen LogP contribution in [0, 0.1) is 0 Å². The summed E-state index contributed by atoms with van der Waals surface area (Å²) >= 11 is 5.28. The highest BCUT2D eigenvalue weighted by atomic mass is 32.2. The summed E-state index contributed by atoms with van der Waals surface area (Å²) in [6.07, 6.45) is 0. The molecule has 0 aliphatic rings. The van der Waals surface area contributed by atoms with Gasteiger partial charge in [0, 0.05) is 34.5 Å². The Labute approximate surface area is 129 Å². The van der Waals surface area contributed by atoms with Crippen LogP contribution in [0.2, 0.25) is 0 Å². The van der Waals surface area contributed by atoms with Crippen molar-refractivity contribution in [2.75, 3.05) is 74.2 Å². The molecule has 19 heavy (non-hydrogen) atoms. The standard InChI is InChI=1S/C12H26O4S3/c13-1-7-17-9-3-15-5-11-19-12-6-16-4-10-18-8-2-14/h13-14H,1-12H2. The molecule has 0 radical (unpaired) electrons. The molecule has 0 aromatic rings. The molecule has 0 rings (SSSR count). The summed E-state index contributed by atoms with van der Waals surface area (Å²) < 4.78 is 10.9. The Balaban J connectivity index is 2.88. The van der Waals surface area contributed by atoms with Crippen LogP contribution in [0.4, 0.5) is 0 Å². The molecular formula is C12H26O4S3. The lowest BCUT2D eigenvalue weighted by molar-refractivity contribution is 0.164. The van der Waals surface area contributed by atoms with E-state index in [2.05, 4.69) is 0 Å². The summed E-state index contributed by atoms with van der Waals surface area (Å²) in [6, 6.07) is 0. The van der Waals surface area contributed by atoms with Crippen molar-refractivity contribution in [3.63, 3.8) is 0 Å². The van der Waals surface area contributed by atoms with E-state index in [0.29, 0.717) is 0 Å². The predicted octanol–water partition coefficient (Wildman–Crippen LogP) is 1.20. The molecule has 0 saturated heterocycles. The Hall–Kier alpha value is 0.890. The molecule has 0 unspecified atom stereocenters. The van der Waals surface area contributed by atoms with Crippen molar-refractivity contribution in [2.24, 2.45) is 0 Å². The molecule has 0 heterocycles. The van der Waals surface area contributed by atoms with Gasteiger partial charge in [-0.05, 0) is 0 Å². The first kappa shape index (κ1) is 19.9. The molecule has 0 aliphatic carbocycles. The summed E-state index contributed by atoms with van der Waals surface area (Å²) in [4.78, 5) is 0. The van der Waals surface area contributed by atoms with E-state index < -0.39 is 0 Å². The smallest absolute Gasteiger partial charge is 0.0557 e. The molecule has 0 amide bonds. The van der Waals surface area contributed by atoms with Crippen LogP contribution < -0.4 is 0 Å². The molecule has 4 nitrogen and oxygen atoms in total. The summed E-state index contributed by atoms with van der Waals surface area (Å²) in [7, 11) is 0. The Bertz CT molecular complexity index is 148. The molecule has 0 atom stereocenters. The van der Waals surface area contributed by atoms with Gasteiger partial charge in [0.1, 0.15) is 0 Å². The molecular weight excluding hydrogens is 304 g/mol.